The summed E-state index contributed by atoms with van der Waals surface area (Å²) in [6, 6.07) is 7.19. The molecule has 0 saturated heterocycles. The van der Waals surface area contributed by atoms with Crippen LogP contribution < -0.4 is 11.1 Å². The first-order valence-electron chi connectivity index (χ1n) is 6.31. The van der Waals surface area contributed by atoms with Gasteiger partial charge in [-0.2, -0.15) is 0 Å². The minimum absolute atomic E-state index is 0. The van der Waals surface area contributed by atoms with Crippen LogP contribution in [-0.2, 0) is 20.8 Å². The standard InChI is InChI=1S/C14H18N2O5.ClH/c1-16-14(13(20)21,8-9-5-3-2-4-6-9)12(19)10(15)7-11(17)18;/h2-6,10,16H,7-8,15H2,1H3,(H,17,18)(H,20,21);1H/t10-,14+;/m0./s1. The normalized spacial score (nSPS) is 14.3. The zero-order valence-electron chi connectivity index (χ0n) is 12.0. The fourth-order valence-corrected chi connectivity index (χ4v) is 2.09. The van der Waals surface area contributed by atoms with E-state index >= 15 is 0 Å². The number of halogens is 1. The number of ketones is 1. The van der Waals surface area contributed by atoms with E-state index in [1.807, 2.05) is 0 Å². The molecule has 1 aromatic carbocycles. The van der Waals surface area contributed by atoms with Gasteiger partial charge in [-0.05, 0) is 12.6 Å². The Morgan fingerprint density at radius 1 is 1.23 bits per heavy atom. The van der Waals surface area contributed by atoms with Crippen molar-refractivity contribution in [3.05, 3.63) is 35.9 Å². The number of likely N-dealkylation sites (N-methyl/N-ethyl adjacent to an activating group) is 1. The van der Waals surface area contributed by atoms with Crippen molar-refractivity contribution in [1.29, 1.82) is 0 Å². The molecule has 0 saturated carbocycles. The summed E-state index contributed by atoms with van der Waals surface area (Å²) in [5.41, 5.74) is 4.22. The van der Waals surface area contributed by atoms with E-state index < -0.39 is 35.7 Å². The van der Waals surface area contributed by atoms with Crippen LogP contribution in [0.5, 0.6) is 0 Å². The quantitative estimate of drug-likeness (QED) is 0.496. The zero-order chi connectivity index (χ0) is 16.0. The highest BCUT2D eigenvalue weighted by atomic mass is 35.5. The van der Waals surface area contributed by atoms with Crippen molar-refractivity contribution in [2.24, 2.45) is 5.73 Å². The Labute approximate surface area is 133 Å². The Bertz CT molecular complexity index is 537. The van der Waals surface area contributed by atoms with E-state index in [0.29, 0.717) is 5.56 Å². The first-order chi connectivity index (χ1) is 9.83. The van der Waals surface area contributed by atoms with Gasteiger partial charge in [-0.25, -0.2) is 4.79 Å². The molecule has 5 N–H and O–H groups in total. The van der Waals surface area contributed by atoms with Crippen LogP contribution in [0, 0.1) is 0 Å². The third-order valence-electron chi connectivity index (χ3n) is 3.26. The number of carbonyl (C=O) groups excluding carboxylic acids is 1. The predicted molar refractivity (Wildman–Crippen MR) is 82.1 cm³/mol. The first kappa shape index (κ1) is 20.0. The smallest absolute Gasteiger partial charge is 0.332 e. The lowest BCUT2D eigenvalue weighted by Crippen LogP contribution is -2.63. The number of nitrogens with one attached hydrogen (secondary N) is 1. The van der Waals surface area contributed by atoms with Gasteiger partial charge in [-0.3, -0.25) is 14.9 Å². The average Bonchev–Trinajstić information content (AvgIpc) is 2.44. The molecule has 0 radical (unpaired) electrons. The maximum Gasteiger partial charge on any atom is 0.332 e. The van der Waals surface area contributed by atoms with Crippen molar-refractivity contribution in [1.82, 2.24) is 5.32 Å². The molecule has 0 bridgehead atoms. The Kier molecular flexibility index (Phi) is 7.72. The van der Waals surface area contributed by atoms with Gasteiger partial charge in [-0.15, -0.1) is 12.4 Å². The van der Waals surface area contributed by atoms with E-state index in [4.69, 9.17) is 10.8 Å². The molecule has 22 heavy (non-hydrogen) atoms. The average molecular weight is 331 g/mol. The van der Waals surface area contributed by atoms with Crippen molar-refractivity contribution in [3.63, 3.8) is 0 Å². The number of carbonyl (C=O) groups is 3. The number of hydrogen-bond donors (Lipinski definition) is 4. The summed E-state index contributed by atoms with van der Waals surface area (Å²) in [6.45, 7) is 0. The third-order valence-corrected chi connectivity index (χ3v) is 3.26. The molecule has 0 fully saturated rings. The maximum atomic E-state index is 12.3. The number of nitrogens with two attached hydrogens (primary N) is 1. The lowest BCUT2D eigenvalue weighted by molar-refractivity contribution is -0.152. The van der Waals surface area contributed by atoms with Gasteiger partial charge in [-0.1, -0.05) is 30.3 Å². The molecular weight excluding hydrogens is 312 g/mol. The molecule has 0 aliphatic carbocycles. The molecule has 8 heteroatoms. The summed E-state index contributed by atoms with van der Waals surface area (Å²) in [5, 5.41) is 20.6. The number of aliphatic carboxylic acids is 2. The van der Waals surface area contributed by atoms with Crippen LogP contribution in [0.15, 0.2) is 30.3 Å². The topological polar surface area (TPSA) is 130 Å². The second kappa shape index (κ2) is 8.47. The van der Waals surface area contributed by atoms with Gasteiger partial charge in [0.1, 0.15) is 0 Å². The van der Waals surface area contributed by atoms with Gasteiger partial charge in [0.25, 0.3) is 0 Å². The first-order valence-corrected chi connectivity index (χ1v) is 6.31. The van der Waals surface area contributed by atoms with Crippen LogP contribution in [0.1, 0.15) is 12.0 Å². The molecule has 0 unspecified atom stereocenters. The fraction of sp³-hybridized carbons (Fsp3) is 0.357. The lowest BCUT2D eigenvalue weighted by atomic mass is 9.83. The molecule has 7 nitrogen and oxygen atoms in total. The van der Waals surface area contributed by atoms with E-state index in [9.17, 15) is 19.5 Å². The summed E-state index contributed by atoms with van der Waals surface area (Å²) in [7, 11) is 1.34. The van der Waals surface area contributed by atoms with Crippen molar-refractivity contribution >= 4 is 30.1 Å². The fourth-order valence-electron chi connectivity index (χ4n) is 2.09. The molecule has 122 valence electrons. The van der Waals surface area contributed by atoms with E-state index in [1.54, 1.807) is 30.3 Å². The summed E-state index contributed by atoms with van der Waals surface area (Å²) in [4.78, 5) is 34.6. The number of hydrogen-bond acceptors (Lipinski definition) is 5. The van der Waals surface area contributed by atoms with Crippen molar-refractivity contribution < 1.29 is 24.6 Å². The molecule has 0 spiro atoms. The van der Waals surface area contributed by atoms with E-state index in [1.165, 1.54) is 7.05 Å². The highest BCUT2D eigenvalue weighted by Gasteiger charge is 2.47. The monoisotopic (exact) mass is 330 g/mol. The zero-order valence-corrected chi connectivity index (χ0v) is 12.8. The molecule has 0 heterocycles. The largest absolute Gasteiger partial charge is 0.481 e. The molecule has 0 aliphatic heterocycles. The highest BCUT2D eigenvalue weighted by molar-refractivity contribution is 6.11. The van der Waals surface area contributed by atoms with E-state index in [2.05, 4.69) is 5.32 Å². The van der Waals surface area contributed by atoms with Crippen molar-refractivity contribution in [2.45, 2.75) is 24.4 Å². The molecule has 1 aromatic rings. The number of carboxylic acid groups (broad SMARTS) is 2. The Morgan fingerprint density at radius 3 is 2.18 bits per heavy atom. The summed E-state index contributed by atoms with van der Waals surface area (Å²) in [6.07, 6.45) is -0.740. The number of rotatable bonds is 8. The van der Waals surface area contributed by atoms with E-state index in [-0.39, 0.29) is 18.8 Å². The maximum absolute atomic E-state index is 12.3. The SMILES string of the molecule is CN[C@@](Cc1ccccc1)(C(=O)O)C(=O)[C@@H](N)CC(=O)O.Cl. The van der Waals surface area contributed by atoms with Gasteiger partial charge in [0.05, 0.1) is 12.5 Å². The van der Waals surface area contributed by atoms with Crippen molar-refractivity contribution in [3.8, 4) is 0 Å². The van der Waals surface area contributed by atoms with Gasteiger partial charge in [0, 0.05) is 6.42 Å². The van der Waals surface area contributed by atoms with Gasteiger partial charge >= 0.3 is 11.9 Å². The molecule has 2 atom stereocenters. The number of Topliss-reactive ketones (excluding diaryl/α,β-unsaturated/α-hetero) is 1. The molecule has 1 rings (SSSR count). The van der Waals surface area contributed by atoms with Gasteiger partial charge in [0.15, 0.2) is 11.3 Å². The van der Waals surface area contributed by atoms with Crippen LogP contribution in [0.2, 0.25) is 0 Å². The van der Waals surface area contributed by atoms with Gasteiger partial charge < -0.3 is 15.9 Å². The van der Waals surface area contributed by atoms with Crippen LogP contribution in [-0.4, -0.2) is 46.6 Å². The Hall–Kier alpha value is -1.96. The minimum atomic E-state index is -1.95. The Morgan fingerprint density at radius 2 is 1.77 bits per heavy atom. The lowest BCUT2D eigenvalue weighted by Gasteiger charge is -2.29. The van der Waals surface area contributed by atoms with Gasteiger partial charge in [0.2, 0.25) is 0 Å². The third kappa shape index (κ3) is 4.52. The van der Waals surface area contributed by atoms with Crippen LogP contribution >= 0.6 is 12.4 Å². The predicted octanol–water partition coefficient (Wildman–Crippen LogP) is 0.0648. The van der Waals surface area contributed by atoms with Crippen molar-refractivity contribution in [2.75, 3.05) is 7.05 Å². The van der Waals surface area contributed by atoms with Crippen LogP contribution in [0.25, 0.3) is 0 Å². The number of benzene rings is 1. The second-order valence-electron chi connectivity index (χ2n) is 4.69. The molecule has 0 aliphatic rings. The summed E-state index contributed by atoms with van der Waals surface area (Å²) < 4.78 is 0. The Balaban J connectivity index is 0.00000441. The second-order valence-corrected chi connectivity index (χ2v) is 4.69. The highest BCUT2D eigenvalue weighted by Crippen LogP contribution is 2.18. The van der Waals surface area contributed by atoms with Crippen LogP contribution in [0.4, 0.5) is 0 Å². The van der Waals surface area contributed by atoms with Crippen LogP contribution in [0.3, 0.4) is 0 Å². The van der Waals surface area contributed by atoms with E-state index in [0.717, 1.165) is 0 Å². The molecular formula is C14H19ClN2O5. The minimum Gasteiger partial charge on any atom is -0.481 e. The summed E-state index contributed by atoms with van der Waals surface area (Å²) in [5.74, 6) is -3.51. The number of carboxylic acids is 2. The summed E-state index contributed by atoms with van der Waals surface area (Å²) >= 11 is 0. The molecule has 0 amide bonds. The molecule has 0 aromatic heterocycles.